The highest BCUT2D eigenvalue weighted by atomic mass is 16.2. The van der Waals surface area contributed by atoms with E-state index < -0.39 is 5.78 Å². The number of ketones is 1. The molecule has 1 aromatic rings. The number of fused-ring (bicyclic) bond motifs is 1. The number of hydrazine groups is 1. The molecule has 0 saturated carbocycles. The van der Waals surface area contributed by atoms with E-state index in [1.807, 2.05) is 0 Å². The monoisotopic (exact) mass is 203 g/mol. The molecule has 2 rings (SSSR count). The first kappa shape index (κ1) is 9.26. The standard InChI is InChI=1S/C10H9N3O2/c11-7-2-1-6-4-12-13-10(8(6)3-7)9(15)5-14/h1-5,12-13H,11H2. The predicted octanol–water partition coefficient (Wildman–Crippen LogP) is -2.01. The van der Waals surface area contributed by atoms with Gasteiger partial charge in [0.2, 0.25) is 5.78 Å². The van der Waals surface area contributed by atoms with Crippen molar-refractivity contribution in [2.24, 2.45) is 0 Å². The van der Waals surface area contributed by atoms with Crippen LogP contribution >= 0.6 is 0 Å². The van der Waals surface area contributed by atoms with Gasteiger partial charge in [0.25, 0.3) is 0 Å². The molecule has 76 valence electrons. The van der Waals surface area contributed by atoms with Crippen LogP contribution in [0.15, 0.2) is 18.2 Å². The first-order valence-electron chi connectivity index (χ1n) is 4.33. The minimum Gasteiger partial charge on any atom is -0.399 e. The number of carbonyl (C=O) groups is 2. The number of rotatable bonds is 2. The van der Waals surface area contributed by atoms with Crippen LogP contribution in [0.2, 0.25) is 0 Å². The molecule has 5 heteroatoms. The van der Waals surface area contributed by atoms with Gasteiger partial charge in [-0.2, -0.15) is 0 Å². The number of hydrogen-bond donors (Lipinski definition) is 3. The SMILES string of the molecule is Nc1ccc2c(c1)=C(C(=O)C=O)NNC=2. The molecule has 0 fully saturated rings. The average Bonchev–Trinajstić information content (AvgIpc) is 2.27. The molecule has 0 aromatic heterocycles. The van der Waals surface area contributed by atoms with Gasteiger partial charge in [-0.15, -0.1) is 0 Å². The van der Waals surface area contributed by atoms with Crippen molar-refractivity contribution in [2.75, 3.05) is 5.73 Å². The zero-order valence-corrected chi connectivity index (χ0v) is 7.78. The Labute approximate surface area is 85.2 Å². The fourth-order valence-corrected chi connectivity index (χ4v) is 1.42. The van der Waals surface area contributed by atoms with Crippen LogP contribution in [0.25, 0.3) is 11.9 Å². The van der Waals surface area contributed by atoms with Crippen molar-refractivity contribution in [3.8, 4) is 0 Å². The van der Waals surface area contributed by atoms with Crippen LogP contribution in [0.4, 0.5) is 5.69 Å². The largest absolute Gasteiger partial charge is 0.399 e. The second kappa shape index (κ2) is 3.45. The lowest BCUT2D eigenvalue weighted by molar-refractivity contribution is -0.126. The van der Waals surface area contributed by atoms with Crippen LogP contribution in [0.3, 0.4) is 0 Å². The maximum absolute atomic E-state index is 11.3. The van der Waals surface area contributed by atoms with Gasteiger partial charge in [-0.1, -0.05) is 6.07 Å². The van der Waals surface area contributed by atoms with E-state index in [4.69, 9.17) is 5.73 Å². The molecule has 1 aromatic carbocycles. The van der Waals surface area contributed by atoms with Crippen LogP contribution in [-0.2, 0) is 9.59 Å². The van der Waals surface area contributed by atoms with E-state index in [0.29, 0.717) is 10.9 Å². The Morgan fingerprint density at radius 3 is 2.93 bits per heavy atom. The van der Waals surface area contributed by atoms with Gasteiger partial charge >= 0.3 is 0 Å². The van der Waals surface area contributed by atoms with E-state index in [2.05, 4.69) is 10.9 Å². The molecule has 0 unspecified atom stereocenters. The number of aldehydes is 1. The van der Waals surface area contributed by atoms with Crippen LogP contribution in [0.5, 0.6) is 0 Å². The van der Waals surface area contributed by atoms with Gasteiger partial charge in [0.05, 0.1) is 0 Å². The average molecular weight is 203 g/mol. The Morgan fingerprint density at radius 1 is 1.40 bits per heavy atom. The van der Waals surface area contributed by atoms with E-state index in [1.54, 1.807) is 24.4 Å². The summed E-state index contributed by atoms with van der Waals surface area (Å²) >= 11 is 0. The summed E-state index contributed by atoms with van der Waals surface area (Å²) in [4.78, 5) is 21.7. The van der Waals surface area contributed by atoms with Crippen LogP contribution < -0.4 is 27.0 Å². The summed E-state index contributed by atoms with van der Waals surface area (Å²) in [5.74, 6) is -0.609. The summed E-state index contributed by atoms with van der Waals surface area (Å²) in [6.45, 7) is 0. The molecule has 5 nitrogen and oxygen atoms in total. The van der Waals surface area contributed by atoms with Gasteiger partial charge < -0.3 is 11.2 Å². The molecule has 1 aliphatic heterocycles. The number of Topliss-reactive ketones (excluding diaryl/α,β-unsaturated/α-hetero) is 1. The quantitative estimate of drug-likeness (QED) is 0.294. The molecular weight excluding hydrogens is 194 g/mol. The van der Waals surface area contributed by atoms with E-state index in [9.17, 15) is 9.59 Å². The van der Waals surface area contributed by atoms with E-state index in [-0.39, 0.29) is 12.0 Å². The maximum Gasteiger partial charge on any atom is 0.243 e. The highest BCUT2D eigenvalue weighted by Gasteiger charge is 2.11. The number of carbonyl (C=O) groups excluding carboxylic acids is 2. The zero-order chi connectivity index (χ0) is 10.8. The van der Waals surface area contributed by atoms with E-state index in [0.717, 1.165) is 5.22 Å². The number of nitrogen functional groups attached to an aromatic ring is 1. The Kier molecular flexibility index (Phi) is 2.13. The van der Waals surface area contributed by atoms with E-state index in [1.165, 1.54) is 0 Å². The Hall–Kier alpha value is -2.30. The molecule has 1 aliphatic rings. The lowest BCUT2D eigenvalue weighted by atomic mass is 10.1. The second-order valence-electron chi connectivity index (χ2n) is 3.12. The first-order valence-corrected chi connectivity index (χ1v) is 4.33. The Bertz CT molecular complexity index is 548. The summed E-state index contributed by atoms with van der Waals surface area (Å²) < 4.78 is 0. The molecule has 1 heterocycles. The molecule has 0 spiro atoms. The third-order valence-electron chi connectivity index (χ3n) is 2.12. The fraction of sp³-hybridized carbons (Fsp3) is 0. The number of hydrogen-bond acceptors (Lipinski definition) is 5. The molecule has 0 bridgehead atoms. The van der Waals surface area contributed by atoms with Crippen molar-refractivity contribution in [2.45, 2.75) is 0 Å². The van der Waals surface area contributed by atoms with Crippen LogP contribution in [0, 0.1) is 0 Å². The molecule has 0 amide bonds. The molecular formula is C10H9N3O2. The van der Waals surface area contributed by atoms with Crippen molar-refractivity contribution in [1.82, 2.24) is 10.9 Å². The number of nitrogens with one attached hydrogen (secondary N) is 2. The summed E-state index contributed by atoms with van der Waals surface area (Å²) in [6.07, 6.45) is 1.96. The minimum absolute atomic E-state index is 0.217. The van der Waals surface area contributed by atoms with Gasteiger partial charge in [0, 0.05) is 22.3 Å². The van der Waals surface area contributed by atoms with Crippen LogP contribution in [0.1, 0.15) is 0 Å². The summed E-state index contributed by atoms with van der Waals surface area (Å²) in [7, 11) is 0. The minimum atomic E-state index is -0.609. The topological polar surface area (TPSA) is 84.2 Å². The normalized spacial score (nSPS) is 12.9. The second-order valence-corrected chi connectivity index (χ2v) is 3.12. The molecule has 0 radical (unpaired) electrons. The highest BCUT2D eigenvalue weighted by Crippen LogP contribution is 1.94. The third kappa shape index (κ3) is 1.54. The number of benzene rings is 1. The van der Waals surface area contributed by atoms with Gasteiger partial charge in [0.1, 0.15) is 5.70 Å². The van der Waals surface area contributed by atoms with Crippen LogP contribution in [-0.4, -0.2) is 12.1 Å². The smallest absolute Gasteiger partial charge is 0.243 e. The number of anilines is 1. The van der Waals surface area contributed by atoms with Crippen molar-refractivity contribution in [3.63, 3.8) is 0 Å². The third-order valence-corrected chi connectivity index (χ3v) is 2.12. The maximum atomic E-state index is 11.3. The molecule has 0 aliphatic carbocycles. The number of nitrogens with two attached hydrogens (primary N) is 1. The first-order chi connectivity index (χ1) is 7.22. The highest BCUT2D eigenvalue weighted by molar-refractivity contribution is 6.43. The molecule has 15 heavy (non-hydrogen) atoms. The molecule has 4 N–H and O–H groups in total. The van der Waals surface area contributed by atoms with Crippen molar-refractivity contribution < 1.29 is 9.59 Å². The van der Waals surface area contributed by atoms with Crippen molar-refractivity contribution in [1.29, 1.82) is 0 Å². The fourth-order valence-electron chi connectivity index (χ4n) is 1.42. The molecule has 0 atom stereocenters. The van der Waals surface area contributed by atoms with E-state index >= 15 is 0 Å². The Balaban J connectivity index is 2.80. The van der Waals surface area contributed by atoms with Gasteiger partial charge in [0.15, 0.2) is 6.29 Å². The summed E-state index contributed by atoms with van der Waals surface area (Å²) in [5.41, 5.74) is 11.7. The lowest BCUT2D eigenvalue weighted by Gasteiger charge is -2.12. The Morgan fingerprint density at radius 2 is 2.20 bits per heavy atom. The van der Waals surface area contributed by atoms with Gasteiger partial charge in [-0.05, 0) is 12.1 Å². The summed E-state index contributed by atoms with van der Waals surface area (Å²) in [6, 6.07) is 5.15. The summed E-state index contributed by atoms with van der Waals surface area (Å²) in [5, 5.41) is 1.44. The van der Waals surface area contributed by atoms with Crippen molar-refractivity contribution in [3.05, 3.63) is 28.6 Å². The predicted molar refractivity (Wildman–Crippen MR) is 55.3 cm³/mol. The molecule has 0 saturated heterocycles. The van der Waals surface area contributed by atoms with Gasteiger partial charge in [-0.25, -0.2) is 0 Å². The zero-order valence-electron chi connectivity index (χ0n) is 7.78. The van der Waals surface area contributed by atoms with Crippen molar-refractivity contribution >= 4 is 29.7 Å². The van der Waals surface area contributed by atoms with Gasteiger partial charge in [-0.3, -0.25) is 15.0 Å². The lowest BCUT2D eigenvalue weighted by Crippen LogP contribution is -2.45.